The van der Waals surface area contributed by atoms with Gasteiger partial charge in [-0.1, -0.05) is 0 Å². The van der Waals surface area contributed by atoms with Gasteiger partial charge in [0.05, 0.1) is 0 Å². The molecular weight excluding hydrogens is 176 g/mol. The van der Waals surface area contributed by atoms with Gasteiger partial charge in [-0.2, -0.15) is 0 Å². The zero-order valence-corrected chi connectivity index (χ0v) is 9.53. The van der Waals surface area contributed by atoms with Gasteiger partial charge >= 0.3 is 0 Å². The number of piperidine rings is 1. The molecule has 0 aromatic carbocycles. The molecule has 0 radical (unpaired) electrons. The van der Waals surface area contributed by atoms with E-state index in [1.165, 1.54) is 12.8 Å². The molecule has 1 rings (SSSR count). The molecule has 0 unspecified atom stereocenters. The minimum atomic E-state index is 0.709. The van der Waals surface area contributed by atoms with E-state index in [-0.39, 0.29) is 0 Å². The fraction of sp³-hybridized carbons (Fsp3) is 0.900. The van der Waals surface area contributed by atoms with Crippen molar-refractivity contribution in [3.05, 3.63) is 0 Å². The molecule has 0 aromatic heterocycles. The third-order valence-electron chi connectivity index (χ3n) is 2.84. The Morgan fingerprint density at radius 1 is 1.43 bits per heavy atom. The highest BCUT2D eigenvalue weighted by atomic mass is 15.3. The minimum absolute atomic E-state index is 0.709. The van der Waals surface area contributed by atoms with Crippen molar-refractivity contribution in [1.29, 1.82) is 0 Å². The van der Waals surface area contributed by atoms with E-state index in [2.05, 4.69) is 28.9 Å². The summed E-state index contributed by atoms with van der Waals surface area (Å²) in [6.45, 7) is 4.87. The van der Waals surface area contributed by atoms with Crippen molar-refractivity contribution in [2.75, 3.05) is 33.7 Å². The monoisotopic (exact) mass is 198 g/mol. The molecule has 0 amide bonds. The first-order valence-corrected chi connectivity index (χ1v) is 5.36. The van der Waals surface area contributed by atoms with Gasteiger partial charge in [-0.05, 0) is 33.9 Å². The van der Waals surface area contributed by atoms with E-state index in [9.17, 15) is 0 Å². The second-order valence-corrected chi connectivity index (χ2v) is 4.01. The van der Waals surface area contributed by atoms with E-state index in [4.69, 9.17) is 5.73 Å². The zero-order valence-electron chi connectivity index (χ0n) is 9.53. The summed E-state index contributed by atoms with van der Waals surface area (Å²) >= 11 is 0. The zero-order chi connectivity index (χ0) is 10.6. The Kier molecular flexibility index (Phi) is 4.20. The summed E-state index contributed by atoms with van der Waals surface area (Å²) in [6, 6.07) is 0.709. The van der Waals surface area contributed by atoms with Crippen LogP contribution in [0.4, 0.5) is 0 Å². The molecule has 0 atom stereocenters. The largest absolute Gasteiger partial charge is 0.370 e. The summed E-state index contributed by atoms with van der Waals surface area (Å²) < 4.78 is 0. The van der Waals surface area contributed by atoms with E-state index in [1.54, 1.807) is 0 Å². The van der Waals surface area contributed by atoms with E-state index in [1.807, 2.05) is 6.92 Å². The Morgan fingerprint density at radius 3 is 2.43 bits per heavy atom. The van der Waals surface area contributed by atoms with Crippen molar-refractivity contribution in [3.63, 3.8) is 0 Å². The van der Waals surface area contributed by atoms with Gasteiger partial charge in [-0.15, -0.1) is 0 Å². The van der Waals surface area contributed by atoms with Crippen LogP contribution in [0.5, 0.6) is 0 Å². The minimum Gasteiger partial charge on any atom is -0.370 e. The Morgan fingerprint density at radius 2 is 2.00 bits per heavy atom. The van der Waals surface area contributed by atoms with Crippen molar-refractivity contribution in [1.82, 2.24) is 9.80 Å². The predicted molar refractivity (Wildman–Crippen MR) is 60.4 cm³/mol. The number of nitrogens with two attached hydrogens (primary N) is 1. The van der Waals surface area contributed by atoms with Crippen LogP contribution in [0.25, 0.3) is 0 Å². The number of hydrogen-bond acceptors (Lipinski definition) is 2. The summed E-state index contributed by atoms with van der Waals surface area (Å²) in [4.78, 5) is 8.71. The van der Waals surface area contributed by atoms with Gasteiger partial charge in [0.1, 0.15) is 0 Å². The SMILES string of the molecule is CCN=C(N)N1CCC(N(C)C)CC1. The molecule has 4 nitrogen and oxygen atoms in total. The standard InChI is InChI=1S/C10H22N4/c1-4-12-10(11)14-7-5-9(6-8-14)13(2)3/h9H,4-8H2,1-3H3,(H2,11,12). The van der Waals surface area contributed by atoms with Gasteiger partial charge in [0, 0.05) is 25.7 Å². The van der Waals surface area contributed by atoms with Gasteiger partial charge in [0.2, 0.25) is 0 Å². The first-order chi connectivity index (χ1) is 6.65. The number of nitrogens with zero attached hydrogens (tertiary/aromatic N) is 3. The number of aliphatic imine (C=N–C) groups is 1. The number of likely N-dealkylation sites (tertiary alicyclic amines) is 1. The van der Waals surface area contributed by atoms with E-state index < -0.39 is 0 Å². The number of hydrogen-bond donors (Lipinski definition) is 1. The van der Waals surface area contributed by atoms with E-state index in [0.717, 1.165) is 19.6 Å². The third-order valence-corrected chi connectivity index (χ3v) is 2.84. The first kappa shape index (κ1) is 11.3. The summed E-state index contributed by atoms with van der Waals surface area (Å²) in [5.74, 6) is 0.713. The van der Waals surface area contributed by atoms with Gasteiger partial charge in [-0.25, -0.2) is 0 Å². The van der Waals surface area contributed by atoms with Gasteiger partial charge in [0.15, 0.2) is 5.96 Å². The number of guanidine groups is 1. The smallest absolute Gasteiger partial charge is 0.191 e. The molecule has 0 bridgehead atoms. The molecule has 0 aliphatic carbocycles. The molecule has 82 valence electrons. The van der Waals surface area contributed by atoms with Crippen molar-refractivity contribution < 1.29 is 0 Å². The fourth-order valence-electron chi connectivity index (χ4n) is 1.87. The summed E-state index contributed by atoms with van der Waals surface area (Å²) in [5, 5.41) is 0. The van der Waals surface area contributed by atoms with Crippen LogP contribution >= 0.6 is 0 Å². The second kappa shape index (κ2) is 5.20. The Balaban J connectivity index is 2.39. The highest BCUT2D eigenvalue weighted by Crippen LogP contribution is 2.13. The second-order valence-electron chi connectivity index (χ2n) is 4.01. The van der Waals surface area contributed by atoms with Crippen LogP contribution in [-0.4, -0.2) is 55.5 Å². The van der Waals surface area contributed by atoms with Gasteiger partial charge < -0.3 is 15.5 Å². The molecule has 1 heterocycles. The Labute approximate surface area is 86.8 Å². The van der Waals surface area contributed by atoms with Crippen LogP contribution < -0.4 is 5.73 Å². The van der Waals surface area contributed by atoms with Crippen LogP contribution in [0.15, 0.2) is 4.99 Å². The molecule has 1 aliphatic rings. The lowest BCUT2D eigenvalue weighted by Crippen LogP contribution is -2.47. The van der Waals surface area contributed by atoms with Crippen molar-refractivity contribution in [2.45, 2.75) is 25.8 Å². The lowest BCUT2D eigenvalue weighted by molar-refractivity contribution is 0.190. The van der Waals surface area contributed by atoms with Crippen LogP contribution in [0.2, 0.25) is 0 Å². The maximum absolute atomic E-state index is 5.84. The highest BCUT2D eigenvalue weighted by Gasteiger charge is 2.21. The fourth-order valence-corrected chi connectivity index (χ4v) is 1.87. The molecule has 0 saturated carbocycles. The third kappa shape index (κ3) is 2.87. The van der Waals surface area contributed by atoms with E-state index in [0.29, 0.717) is 12.0 Å². The maximum Gasteiger partial charge on any atom is 0.191 e. The highest BCUT2D eigenvalue weighted by molar-refractivity contribution is 5.78. The molecular formula is C10H22N4. The average molecular weight is 198 g/mol. The van der Waals surface area contributed by atoms with Crippen molar-refractivity contribution in [3.8, 4) is 0 Å². The van der Waals surface area contributed by atoms with Crippen molar-refractivity contribution in [2.24, 2.45) is 10.7 Å². The van der Waals surface area contributed by atoms with Gasteiger partial charge in [0.25, 0.3) is 0 Å². The molecule has 0 spiro atoms. The van der Waals surface area contributed by atoms with Crippen molar-refractivity contribution >= 4 is 5.96 Å². The van der Waals surface area contributed by atoms with E-state index >= 15 is 0 Å². The quantitative estimate of drug-likeness (QED) is 0.514. The van der Waals surface area contributed by atoms with Crippen LogP contribution in [0, 0.1) is 0 Å². The molecule has 1 saturated heterocycles. The van der Waals surface area contributed by atoms with Crippen LogP contribution in [0.3, 0.4) is 0 Å². The maximum atomic E-state index is 5.84. The summed E-state index contributed by atoms with van der Waals surface area (Å²) in [6.07, 6.45) is 2.37. The predicted octanol–water partition coefficient (Wildman–Crippen LogP) is 0.347. The molecule has 0 aromatic rings. The van der Waals surface area contributed by atoms with Gasteiger partial charge in [-0.3, -0.25) is 4.99 Å². The molecule has 4 heteroatoms. The summed E-state index contributed by atoms with van der Waals surface area (Å²) in [5.41, 5.74) is 5.84. The molecule has 2 N–H and O–H groups in total. The molecule has 1 aliphatic heterocycles. The number of rotatable bonds is 2. The van der Waals surface area contributed by atoms with Crippen LogP contribution in [-0.2, 0) is 0 Å². The Hall–Kier alpha value is -0.770. The first-order valence-electron chi connectivity index (χ1n) is 5.36. The molecule has 14 heavy (non-hydrogen) atoms. The lowest BCUT2D eigenvalue weighted by Gasteiger charge is -2.35. The van der Waals surface area contributed by atoms with Crippen LogP contribution in [0.1, 0.15) is 19.8 Å². The topological polar surface area (TPSA) is 44.9 Å². The Bertz CT molecular complexity index is 192. The normalized spacial score (nSPS) is 20.6. The summed E-state index contributed by atoms with van der Waals surface area (Å²) in [7, 11) is 4.29. The average Bonchev–Trinajstić information content (AvgIpc) is 2.18. The lowest BCUT2D eigenvalue weighted by atomic mass is 10.0. The molecule has 1 fully saturated rings.